The van der Waals surface area contributed by atoms with Crippen molar-refractivity contribution in [2.75, 3.05) is 0 Å². The summed E-state index contributed by atoms with van der Waals surface area (Å²) in [7, 11) is 0. The Morgan fingerprint density at radius 1 is 1.62 bits per heavy atom. The van der Waals surface area contributed by atoms with Gasteiger partial charge < -0.3 is 5.11 Å². The van der Waals surface area contributed by atoms with Crippen molar-refractivity contribution in [1.29, 1.82) is 5.26 Å². The number of hydrogen-bond donors (Lipinski definition) is 1. The van der Waals surface area contributed by atoms with Gasteiger partial charge in [0.15, 0.2) is 0 Å². The number of aromatic carboxylic acids is 1. The van der Waals surface area contributed by atoms with Crippen LogP contribution in [0.3, 0.4) is 0 Å². The highest BCUT2D eigenvalue weighted by Gasteiger charge is 2.17. The van der Waals surface area contributed by atoms with Crippen LogP contribution in [-0.2, 0) is 0 Å². The van der Waals surface area contributed by atoms with Gasteiger partial charge in [0, 0.05) is 0 Å². The van der Waals surface area contributed by atoms with Gasteiger partial charge in [-0.1, -0.05) is 6.07 Å². The molecule has 0 radical (unpaired) electrons. The lowest BCUT2D eigenvalue weighted by atomic mass is 10.0. The molecule has 66 valence electrons. The topological polar surface area (TPSA) is 61.1 Å². The summed E-state index contributed by atoms with van der Waals surface area (Å²) in [6.07, 6.45) is 0. The van der Waals surface area contributed by atoms with E-state index in [9.17, 15) is 9.18 Å². The zero-order valence-electron chi connectivity index (χ0n) is 6.84. The van der Waals surface area contributed by atoms with Gasteiger partial charge in [-0.15, -0.1) is 0 Å². The van der Waals surface area contributed by atoms with Crippen molar-refractivity contribution >= 4 is 5.97 Å². The Kier molecular flexibility index (Phi) is 2.29. The van der Waals surface area contributed by atoms with Gasteiger partial charge in [-0.2, -0.15) is 5.26 Å². The number of rotatable bonds is 1. The monoisotopic (exact) mass is 179 g/mol. The van der Waals surface area contributed by atoms with E-state index in [-0.39, 0.29) is 5.56 Å². The Labute approximate surface area is 74.0 Å². The van der Waals surface area contributed by atoms with Crippen molar-refractivity contribution < 1.29 is 14.3 Å². The second kappa shape index (κ2) is 3.23. The standard InChI is InChI=1S/C9H6FNO2/c1-5-2-3-7(10)8(9(12)13)6(5)4-11/h2-3H,1H3,(H,12,13). The van der Waals surface area contributed by atoms with Crippen molar-refractivity contribution in [2.24, 2.45) is 0 Å². The van der Waals surface area contributed by atoms with Crippen LogP contribution < -0.4 is 0 Å². The Balaban J connectivity index is 3.55. The van der Waals surface area contributed by atoms with Crippen LogP contribution in [0.25, 0.3) is 0 Å². The predicted molar refractivity (Wildman–Crippen MR) is 42.8 cm³/mol. The molecule has 0 fully saturated rings. The van der Waals surface area contributed by atoms with E-state index in [4.69, 9.17) is 10.4 Å². The molecule has 1 rings (SSSR count). The van der Waals surface area contributed by atoms with Crippen molar-refractivity contribution in [3.8, 4) is 6.07 Å². The number of halogens is 1. The van der Waals surface area contributed by atoms with Gasteiger partial charge in [0.05, 0.1) is 5.56 Å². The van der Waals surface area contributed by atoms with Gasteiger partial charge in [0.2, 0.25) is 0 Å². The summed E-state index contributed by atoms with van der Waals surface area (Å²) in [6, 6.07) is 4.08. The molecule has 0 bridgehead atoms. The highest BCUT2D eigenvalue weighted by Crippen LogP contribution is 2.16. The second-order valence-corrected chi connectivity index (χ2v) is 2.53. The van der Waals surface area contributed by atoms with Crippen molar-refractivity contribution in [1.82, 2.24) is 0 Å². The summed E-state index contributed by atoms with van der Waals surface area (Å²) in [5.74, 6) is -2.30. The van der Waals surface area contributed by atoms with Crippen LogP contribution in [0.2, 0.25) is 0 Å². The quantitative estimate of drug-likeness (QED) is 0.713. The lowest BCUT2D eigenvalue weighted by molar-refractivity contribution is 0.0691. The Bertz CT molecular complexity index is 407. The highest BCUT2D eigenvalue weighted by atomic mass is 19.1. The minimum Gasteiger partial charge on any atom is -0.478 e. The first-order valence-electron chi connectivity index (χ1n) is 3.50. The lowest BCUT2D eigenvalue weighted by Crippen LogP contribution is -2.05. The molecule has 1 aromatic rings. The number of aryl methyl sites for hydroxylation is 1. The van der Waals surface area contributed by atoms with Gasteiger partial charge in [-0.05, 0) is 18.6 Å². The molecule has 0 aliphatic heterocycles. The molecule has 1 aromatic carbocycles. The molecular weight excluding hydrogens is 173 g/mol. The number of carbonyl (C=O) groups is 1. The molecule has 0 spiro atoms. The van der Waals surface area contributed by atoms with Gasteiger partial charge >= 0.3 is 5.97 Å². The van der Waals surface area contributed by atoms with Crippen LogP contribution >= 0.6 is 0 Å². The fourth-order valence-corrected chi connectivity index (χ4v) is 1.03. The number of nitriles is 1. The van der Waals surface area contributed by atoms with E-state index < -0.39 is 17.3 Å². The summed E-state index contributed by atoms with van der Waals surface area (Å²) >= 11 is 0. The predicted octanol–water partition coefficient (Wildman–Crippen LogP) is 1.70. The van der Waals surface area contributed by atoms with E-state index in [1.54, 1.807) is 13.0 Å². The molecule has 0 aromatic heterocycles. The number of hydrogen-bond acceptors (Lipinski definition) is 2. The van der Waals surface area contributed by atoms with Crippen molar-refractivity contribution in [3.63, 3.8) is 0 Å². The number of carboxylic acids is 1. The third-order valence-electron chi connectivity index (χ3n) is 1.69. The lowest BCUT2D eigenvalue weighted by Gasteiger charge is -2.02. The average molecular weight is 179 g/mol. The van der Waals surface area contributed by atoms with Crippen LogP contribution in [-0.4, -0.2) is 11.1 Å². The second-order valence-electron chi connectivity index (χ2n) is 2.53. The van der Waals surface area contributed by atoms with Crippen LogP contribution in [0, 0.1) is 24.1 Å². The summed E-state index contributed by atoms with van der Waals surface area (Å²) in [5, 5.41) is 17.2. The van der Waals surface area contributed by atoms with Gasteiger partial charge in [-0.3, -0.25) is 0 Å². The van der Waals surface area contributed by atoms with Gasteiger partial charge in [-0.25, -0.2) is 9.18 Å². The first-order chi connectivity index (χ1) is 6.07. The molecule has 0 aliphatic rings. The first kappa shape index (κ1) is 9.20. The Morgan fingerprint density at radius 2 is 2.23 bits per heavy atom. The SMILES string of the molecule is Cc1ccc(F)c(C(=O)O)c1C#N. The summed E-state index contributed by atoms with van der Waals surface area (Å²) in [5.41, 5.74) is -0.212. The minimum absolute atomic E-state index is 0.118. The first-order valence-corrected chi connectivity index (χ1v) is 3.50. The molecule has 0 saturated heterocycles. The number of carboxylic acid groups (broad SMARTS) is 1. The normalized spacial score (nSPS) is 9.31. The van der Waals surface area contributed by atoms with E-state index in [2.05, 4.69) is 0 Å². The van der Waals surface area contributed by atoms with Crippen LogP contribution in [0.1, 0.15) is 21.5 Å². The average Bonchev–Trinajstić information content (AvgIpc) is 2.07. The molecule has 0 amide bonds. The molecule has 0 aliphatic carbocycles. The molecule has 4 heteroatoms. The Hall–Kier alpha value is -1.89. The van der Waals surface area contributed by atoms with Gasteiger partial charge in [0.1, 0.15) is 17.4 Å². The molecule has 3 nitrogen and oxygen atoms in total. The van der Waals surface area contributed by atoms with Crippen molar-refractivity contribution in [3.05, 3.63) is 34.6 Å². The largest absolute Gasteiger partial charge is 0.478 e. The maximum Gasteiger partial charge on any atom is 0.340 e. The van der Waals surface area contributed by atoms with E-state index in [0.29, 0.717) is 5.56 Å². The third kappa shape index (κ3) is 1.49. The minimum atomic E-state index is -1.42. The molecular formula is C9H6FNO2. The van der Waals surface area contributed by atoms with E-state index in [1.165, 1.54) is 6.07 Å². The zero-order valence-corrected chi connectivity index (χ0v) is 6.84. The Morgan fingerprint density at radius 3 is 2.62 bits per heavy atom. The highest BCUT2D eigenvalue weighted by molar-refractivity contribution is 5.91. The van der Waals surface area contributed by atoms with Crippen molar-refractivity contribution in [2.45, 2.75) is 6.92 Å². The van der Waals surface area contributed by atoms with E-state index in [0.717, 1.165) is 6.07 Å². The van der Waals surface area contributed by atoms with E-state index >= 15 is 0 Å². The molecule has 0 unspecified atom stereocenters. The molecule has 0 saturated carbocycles. The van der Waals surface area contributed by atoms with Crippen LogP contribution in [0.15, 0.2) is 12.1 Å². The van der Waals surface area contributed by atoms with E-state index in [1.807, 2.05) is 0 Å². The number of benzene rings is 1. The maximum atomic E-state index is 12.9. The molecule has 1 N–H and O–H groups in total. The van der Waals surface area contributed by atoms with Gasteiger partial charge in [0.25, 0.3) is 0 Å². The number of nitrogens with zero attached hydrogens (tertiary/aromatic N) is 1. The smallest absolute Gasteiger partial charge is 0.340 e. The summed E-state index contributed by atoms with van der Waals surface area (Å²) in [4.78, 5) is 10.6. The summed E-state index contributed by atoms with van der Waals surface area (Å²) in [6.45, 7) is 1.56. The fraction of sp³-hybridized carbons (Fsp3) is 0.111. The van der Waals surface area contributed by atoms with Crippen LogP contribution in [0.4, 0.5) is 4.39 Å². The zero-order chi connectivity index (χ0) is 10.0. The molecule has 0 heterocycles. The molecule has 0 atom stereocenters. The maximum absolute atomic E-state index is 12.9. The fourth-order valence-electron chi connectivity index (χ4n) is 1.03. The van der Waals surface area contributed by atoms with Crippen LogP contribution in [0.5, 0.6) is 0 Å². The molecule has 13 heavy (non-hydrogen) atoms. The third-order valence-corrected chi connectivity index (χ3v) is 1.69. The summed E-state index contributed by atoms with van der Waals surface area (Å²) < 4.78 is 12.9.